The summed E-state index contributed by atoms with van der Waals surface area (Å²) in [6, 6.07) is 9.69. The largest absolute Gasteiger partial charge is 0.0684 e. The first-order valence-corrected chi connectivity index (χ1v) is 14.2. The highest BCUT2D eigenvalue weighted by Crippen LogP contribution is 3.17. The van der Waals surface area contributed by atoms with E-state index in [9.17, 15) is 0 Å². The van der Waals surface area contributed by atoms with E-state index in [1.54, 1.807) is 16.7 Å². The fraction of sp³-hybridized carbons (Fsp3) is 0.462. The molecule has 5 atom stereocenters. The maximum absolute atomic E-state index is 2.76. The molecule has 2 aromatic rings. The Balaban J connectivity index is 1.74. The molecule has 2 saturated heterocycles. The molecule has 4 heterocycles. The lowest BCUT2D eigenvalue weighted by Gasteiger charge is -2.45. The van der Waals surface area contributed by atoms with Crippen LogP contribution in [-0.4, -0.2) is 6.16 Å². The molecule has 4 bridgehead atoms. The molecule has 146 valence electrons. The summed E-state index contributed by atoms with van der Waals surface area (Å²) in [5, 5.41) is 0. The highest BCUT2D eigenvalue weighted by atomic mass is 32.1. The maximum atomic E-state index is 2.76. The lowest BCUT2D eigenvalue weighted by molar-refractivity contribution is 0.425. The third-order valence-electron chi connectivity index (χ3n) is 7.66. The van der Waals surface area contributed by atoms with E-state index in [1.807, 2.05) is 0 Å². The van der Waals surface area contributed by atoms with Crippen LogP contribution in [0.1, 0.15) is 64.0 Å². The van der Waals surface area contributed by atoms with Crippen molar-refractivity contribution >= 4 is 15.2 Å². The quantitative estimate of drug-likeness (QED) is 0.347. The van der Waals surface area contributed by atoms with E-state index in [0.717, 1.165) is 5.66 Å². The van der Waals surface area contributed by atoms with E-state index < -0.39 is 0 Å². The number of benzene rings is 2. The molecule has 0 spiro atoms. The Kier molecular flexibility index (Phi) is 3.94. The van der Waals surface area contributed by atoms with Crippen molar-refractivity contribution in [2.75, 3.05) is 6.16 Å². The summed E-state index contributed by atoms with van der Waals surface area (Å²) < 4.78 is 0. The second kappa shape index (κ2) is 5.80. The van der Waals surface area contributed by atoms with Gasteiger partial charge in [0.15, 0.2) is 0 Å². The molecule has 4 aliphatic rings. The van der Waals surface area contributed by atoms with Gasteiger partial charge in [-0.1, -0.05) is 69.2 Å². The zero-order valence-corrected chi connectivity index (χ0v) is 20.4. The second-order valence-electron chi connectivity index (χ2n) is 9.86. The summed E-state index contributed by atoms with van der Waals surface area (Å²) >= 11 is 0. The average molecular weight is 406 g/mol. The summed E-state index contributed by atoms with van der Waals surface area (Å²) in [7, 11) is 0.120. The number of aryl methyl sites for hydroxylation is 6. The minimum absolute atomic E-state index is 0.0167. The topological polar surface area (TPSA) is 0 Å². The van der Waals surface area contributed by atoms with E-state index in [1.165, 1.54) is 39.5 Å². The van der Waals surface area contributed by atoms with Crippen molar-refractivity contribution in [1.29, 1.82) is 0 Å². The third-order valence-corrected chi connectivity index (χ3v) is 17.6. The fourth-order valence-corrected chi connectivity index (χ4v) is 20.3. The monoisotopic (exact) mass is 406 g/mol. The van der Waals surface area contributed by atoms with E-state index in [0.29, 0.717) is 10.3 Å². The van der Waals surface area contributed by atoms with E-state index in [4.69, 9.17) is 0 Å². The van der Waals surface area contributed by atoms with Crippen LogP contribution in [0.25, 0.3) is 0 Å². The van der Waals surface area contributed by atoms with Gasteiger partial charge in [-0.15, -0.1) is 0 Å². The van der Waals surface area contributed by atoms with Crippen LogP contribution in [0.3, 0.4) is 0 Å². The molecule has 0 aromatic heterocycles. The van der Waals surface area contributed by atoms with Crippen LogP contribution < -0.4 is 0 Å². The molecule has 4 aliphatic heterocycles. The van der Waals surface area contributed by atoms with Gasteiger partial charge >= 0.3 is 0 Å². The van der Waals surface area contributed by atoms with Gasteiger partial charge in [-0.3, -0.25) is 0 Å². The summed E-state index contributed by atoms with van der Waals surface area (Å²) in [5.41, 5.74) is 15.1. The number of rotatable bonds is 2. The summed E-state index contributed by atoms with van der Waals surface area (Å²) in [5.74, 6) is 0. The molecule has 0 N–H and O–H groups in total. The Morgan fingerprint density at radius 3 is 1.82 bits per heavy atom. The van der Waals surface area contributed by atoms with E-state index >= 15 is 0 Å². The van der Waals surface area contributed by atoms with Gasteiger partial charge in [-0.05, 0) is 88.0 Å². The zero-order valence-electron chi connectivity index (χ0n) is 18.6. The predicted octanol–water partition coefficient (Wildman–Crippen LogP) is 8.30. The van der Waals surface area contributed by atoms with Gasteiger partial charge in [0.25, 0.3) is 0 Å². The SMILES string of the molecule is CC1=CC2(c3c(C)cc(C)cc3C)P3CC1(C)C(c1c(C)cc(C)cc1C)P32. The van der Waals surface area contributed by atoms with Gasteiger partial charge in [0.1, 0.15) is 0 Å². The lowest BCUT2D eigenvalue weighted by atomic mass is 9.75. The first-order chi connectivity index (χ1) is 13.1. The molecule has 0 saturated carbocycles. The first-order valence-electron chi connectivity index (χ1n) is 10.5. The Bertz CT molecular complexity index is 1020. The van der Waals surface area contributed by atoms with Crippen molar-refractivity contribution in [3.8, 4) is 0 Å². The normalized spacial score (nSPS) is 35.1. The molecule has 2 aromatic carbocycles. The van der Waals surface area contributed by atoms with Gasteiger partial charge in [-0.25, -0.2) is 0 Å². The van der Waals surface area contributed by atoms with Crippen LogP contribution in [0.15, 0.2) is 35.9 Å². The number of hydrogen-bond donors (Lipinski definition) is 0. The van der Waals surface area contributed by atoms with Crippen molar-refractivity contribution < 1.29 is 0 Å². The predicted molar refractivity (Wildman–Crippen MR) is 126 cm³/mol. The molecule has 0 aliphatic carbocycles. The number of hydrogen-bond acceptors (Lipinski definition) is 0. The molecule has 6 rings (SSSR count). The third kappa shape index (κ3) is 2.20. The summed E-state index contributed by atoms with van der Waals surface area (Å²) in [6.45, 7) is 18.9. The van der Waals surface area contributed by atoms with Crippen LogP contribution in [-0.2, 0) is 4.90 Å². The van der Waals surface area contributed by atoms with Gasteiger partial charge in [-0.2, -0.15) is 0 Å². The Morgan fingerprint density at radius 1 is 0.786 bits per heavy atom. The summed E-state index contributed by atoms with van der Waals surface area (Å²) in [4.78, 5) is 0.406. The van der Waals surface area contributed by atoms with Crippen LogP contribution >= 0.6 is 15.2 Å². The Morgan fingerprint density at radius 2 is 1.29 bits per heavy atom. The van der Waals surface area contributed by atoms with Gasteiger partial charge in [0.05, 0.1) is 4.90 Å². The minimum Gasteiger partial charge on any atom is -0.0684 e. The van der Waals surface area contributed by atoms with Crippen LogP contribution in [0.4, 0.5) is 0 Å². The van der Waals surface area contributed by atoms with E-state index in [-0.39, 0.29) is 15.2 Å². The molecule has 0 nitrogen and oxygen atoms in total. The lowest BCUT2D eigenvalue weighted by Crippen LogP contribution is -2.34. The molecular weight excluding hydrogens is 374 g/mol. The van der Waals surface area contributed by atoms with Crippen LogP contribution in [0.5, 0.6) is 0 Å². The maximum Gasteiger partial charge on any atom is 0.0622 e. The van der Waals surface area contributed by atoms with Gasteiger partial charge < -0.3 is 0 Å². The van der Waals surface area contributed by atoms with Crippen molar-refractivity contribution in [2.24, 2.45) is 5.41 Å². The van der Waals surface area contributed by atoms with Crippen molar-refractivity contribution in [3.63, 3.8) is 0 Å². The standard InChI is InChI=1S/C26H32P2/c1-15-9-17(3)22(18(4)10-15)24-25(8)14-27-26(28(24)27,13-21(25)7)23-19(5)11-16(2)12-20(23)6/h9-13,24H,14H2,1-8H3. The zero-order chi connectivity index (χ0) is 20.2. The van der Waals surface area contributed by atoms with E-state index in [2.05, 4.69) is 85.7 Å². The van der Waals surface area contributed by atoms with Crippen LogP contribution in [0, 0.1) is 47.0 Å². The Labute approximate surface area is 173 Å². The number of allylic oxidation sites excluding steroid dienone is 2. The Hall–Kier alpha value is -0.960. The van der Waals surface area contributed by atoms with Crippen molar-refractivity contribution in [1.82, 2.24) is 0 Å². The molecule has 5 unspecified atom stereocenters. The second-order valence-corrected chi connectivity index (χ2v) is 16.7. The fourth-order valence-electron chi connectivity index (χ4n) is 6.58. The molecule has 0 radical (unpaired) electrons. The highest BCUT2D eigenvalue weighted by molar-refractivity contribution is 8.47. The molecule has 2 heteroatoms. The smallest absolute Gasteiger partial charge is 0.0622 e. The van der Waals surface area contributed by atoms with Crippen molar-refractivity contribution in [2.45, 2.75) is 65.9 Å². The summed E-state index contributed by atoms with van der Waals surface area (Å²) in [6.07, 6.45) is 4.20. The molecular formula is C26H32P2. The van der Waals surface area contributed by atoms with Crippen molar-refractivity contribution in [3.05, 3.63) is 80.4 Å². The van der Waals surface area contributed by atoms with Gasteiger partial charge in [0.2, 0.25) is 0 Å². The first kappa shape index (κ1) is 19.0. The van der Waals surface area contributed by atoms with Gasteiger partial charge in [0, 0.05) is 11.1 Å². The average Bonchev–Trinajstić information content (AvgIpc) is 3.03. The molecule has 28 heavy (non-hydrogen) atoms. The molecule has 2 fully saturated rings. The minimum atomic E-state index is 0.0167. The molecule has 0 amide bonds. The van der Waals surface area contributed by atoms with Crippen LogP contribution in [0.2, 0.25) is 0 Å². The highest BCUT2D eigenvalue weighted by Gasteiger charge is 2.78.